The average molecular weight is 267 g/mol. The fourth-order valence-electron chi connectivity index (χ4n) is 2.59. The number of ether oxygens (including phenoxy) is 1. The molecule has 6 heteroatoms. The molecular formula is C13H25N5O. The molecule has 0 radical (unpaired) electrons. The van der Waals surface area contributed by atoms with E-state index in [0.717, 1.165) is 31.7 Å². The van der Waals surface area contributed by atoms with Crippen LogP contribution in [-0.2, 0) is 11.2 Å². The second-order valence-corrected chi connectivity index (χ2v) is 5.51. The summed E-state index contributed by atoms with van der Waals surface area (Å²) in [6.07, 6.45) is 7.22. The minimum absolute atomic E-state index is 0.185. The first-order chi connectivity index (χ1) is 9.20. The third kappa shape index (κ3) is 3.99. The monoisotopic (exact) mass is 267 g/mol. The van der Waals surface area contributed by atoms with Gasteiger partial charge in [0.25, 0.3) is 0 Å². The summed E-state index contributed by atoms with van der Waals surface area (Å²) in [6.45, 7) is 5.09. The molecule has 2 heterocycles. The normalized spacial score (nSPS) is 21.8. The van der Waals surface area contributed by atoms with Crippen LogP contribution in [-0.4, -0.2) is 33.5 Å². The van der Waals surface area contributed by atoms with Crippen molar-refractivity contribution < 1.29 is 4.74 Å². The third-order valence-electron chi connectivity index (χ3n) is 3.62. The summed E-state index contributed by atoms with van der Waals surface area (Å²) in [4.78, 5) is 4.33. The van der Waals surface area contributed by atoms with Gasteiger partial charge in [-0.1, -0.05) is 0 Å². The van der Waals surface area contributed by atoms with Crippen LogP contribution in [0, 0.1) is 0 Å². The Morgan fingerprint density at radius 1 is 1.53 bits per heavy atom. The highest BCUT2D eigenvalue weighted by atomic mass is 16.5. The molecular weight excluding hydrogens is 242 g/mol. The Morgan fingerprint density at radius 2 is 2.37 bits per heavy atom. The molecule has 19 heavy (non-hydrogen) atoms. The number of nitrogens with zero attached hydrogens (tertiary/aromatic N) is 3. The predicted octanol–water partition coefficient (Wildman–Crippen LogP) is 1.19. The van der Waals surface area contributed by atoms with E-state index in [1.807, 2.05) is 4.68 Å². The molecule has 1 fully saturated rings. The minimum Gasteiger partial charge on any atom is -0.378 e. The number of hydrogen-bond acceptors (Lipinski definition) is 5. The summed E-state index contributed by atoms with van der Waals surface area (Å²) in [6, 6.07) is 0.506. The van der Waals surface area contributed by atoms with Crippen molar-refractivity contribution in [2.45, 2.75) is 64.1 Å². The lowest BCUT2D eigenvalue weighted by Crippen LogP contribution is -2.41. The van der Waals surface area contributed by atoms with Crippen LogP contribution >= 0.6 is 0 Å². The van der Waals surface area contributed by atoms with Gasteiger partial charge in [0.05, 0.1) is 6.10 Å². The number of hydrogen-bond donors (Lipinski definition) is 2. The first kappa shape index (κ1) is 14.4. The van der Waals surface area contributed by atoms with Gasteiger partial charge in [0.15, 0.2) is 0 Å². The smallest absolute Gasteiger partial charge is 0.138 e. The van der Waals surface area contributed by atoms with Crippen molar-refractivity contribution >= 4 is 0 Å². The van der Waals surface area contributed by atoms with E-state index in [1.165, 1.54) is 12.8 Å². The Labute approximate surface area is 114 Å². The summed E-state index contributed by atoms with van der Waals surface area (Å²) < 4.78 is 7.72. The first-order valence-electron chi connectivity index (χ1n) is 7.16. The van der Waals surface area contributed by atoms with Crippen LogP contribution < -0.4 is 11.3 Å². The van der Waals surface area contributed by atoms with Gasteiger partial charge in [0.2, 0.25) is 0 Å². The van der Waals surface area contributed by atoms with Crippen molar-refractivity contribution in [2.75, 3.05) is 6.61 Å². The summed E-state index contributed by atoms with van der Waals surface area (Å²) >= 11 is 0. The molecule has 2 rings (SSSR count). The summed E-state index contributed by atoms with van der Waals surface area (Å²) in [5, 5.41) is 4.26. The standard InChI is InChI=1S/C13H25N5O/c1-10(2)18-13(15-9-16-18)8-11(17-14)7-12-5-3-4-6-19-12/h9-12,17H,3-8,14H2,1-2H3. The molecule has 0 bridgehead atoms. The van der Waals surface area contributed by atoms with Gasteiger partial charge in [-0.3, -0.25) is 11.3 Å². The number of nitrogens with one attached hydrogen (secondary N) is 1. The zero-order valence-electron chi connectivity index (χ0n) is 11.9. The predicted molar refractivity (Wildman–Crippen MR) is 73.4 cm³/mol. The van der Waals surface area contributed by atoms with Gasteiger partial charge in [-0.05, 0) is 39.5 Å². The number of aromatic nitrogens is 3. The molecule has 2 atom stereocenters. The van der Waals surface area contributed by atoms with Gasteiger partial charge in [0.1, 0.15) is 12.2 Å². The van der Waals surface area contributed by atoms with Gasteiger partial charge in [-0.25, -0.2) is 9.67 Å². The Kier molecular flexibility index (Phi) is 5.30. The molecule has 3 N–H and O–H groups in total. The van der Waals surface area contributed by atoms with E-state index in [-0.39, 0.29) is 6.04 Å². The van der Waals surface area contributed by atoms with Gasteiger partial charge < -0.3 is 4.74 Å². The highest BCUT2D eigenvalue weighted by Crippen LogP contribution is 2.18. The maximum atomic E-state index is 5.77. The van der Waals surface area contributed by atoms with Gasteiger partial charge in [-0.15, -0.1) is 0 Å². The highest BCUT2D eigenvalue weighted by molar-refractivity contribution is 4.91. The molecule has 0 aliphatic carbocycles. The van der Waals surface area contributed by atoms with Crippen LogP contribution in [0.4, 0.5) is 0 Å². The van der Waals surface area contributed by atoms with E-state index in [2.05, 4.69) is 29.4 Å². The quantitative estimate of drug-likeness (QED) is 0.598. The van der Waals surface area contributed by atoms with Crippen LogP contribution in [0.1, 0.15) is 51.4 Å². The largest absolute Gasteiger partial charge is 0.378 e. The Hall–Kier alpha value is -0.980. The van der Waals surface area contributed by atoms with Crippen LogP contribution in [0.5, 0.6) is 0 Å². The molecule has 1 aromatic rings. The summed E-state index contributed by atoms with van der Waals surface area (Å²) in [5.41, 5.74) is 2.89. The second-order valence-electron chi connectivity index (χ2n) is 5.51. The molecule has 1 aliphatic heterocycles. The number of rotatable bonds is 6. The molecule has 1 aromatic heterocycles. The van der Waals surface area contributed by atoms with Crippen molar-refractivity contribution in [2.24, 2.45) is 5.84 Å². The van der Waals surface area contributed by atoms with Crippen molar-refractivity contribution in [1.82, 2.24) is 20.2 Å². The SMILES string of the molecule is CC(C)n1ncnc1CC(CC1CCCCO1)NN. The van der Waals surface area contributed by atoms with Gasteiger partial charge in [0, 0.05) is 25.1 Å². The van der Waals surface area contributed by atoms with E-state index in [4.69, 9.17) is 10.6 Å². The van der Waals surface area contributed by atoms with Gasteiger partial charge in [-0.2, -0.15) is 5.10 Å². The highest BCUT2D eigenvalue weighted by Gasteiger charge is 2.21. The van der Waals surface area contributed by atoms with E-state index in [9.17, 15) is 0 Å². The molecule has 0 amide bonds. The zero-order chi connectivity index (χ0) is 13.7. The zero-order valence-corrected chi connectivity index (χ0v) is 11.9. The van der Waals surface area contributed by atoms with Crippen LogP contribution in [0.25, 0.3) is 0 Å². The molecule has 1 aliphatic rings. The molecule has 2 unspecified atom stereocenters. The van der Waals surface area contributed by atoms with Gasteiger partial charge >= 0.3 is 0 Å². The van der Waals surface area contributed by atoms with Crippen LogP contribution in [0.3, 0.4) is 0 Å². The van der Waals surface area contributed by atoms with Crippen molar-refractivity contribution in [3.05, 3.63) is 12.2 Å². The summed E-state index contributed by atoms with van der Waals surface area (Å²) in [7, 11) is 0. The molecule has 6 nitrogen and oxygen atoms in total. The Balaban J connectivity index is 1.92. The van der Waals surface area contributed by atoms with E-state index >= 15 is 0 Å². The summed E-state index contributed by atoms with van der Waals surface area (Å²) in [5.74, 6) is 6.65. The lowest BCUT2D eigenvalue weighted by molar-refractivity contribution is 0.00506. The molecule has 108 valence electrons. The fourth-order valence-corrected chi connectivity index (χ4v) is 2.59. The molecule has 0 saturated carbocycles. The Bertz CT molecular complexity index is 373. The minimum atomic E-state index is 0.185. The third-order valence-corrected chi connectivity index (χ3v) is 3.62. The molecule has 0 aromatic carbocycles. The van der Waals surface area contributed by atoms with Crippen molar-refractivity contribution in [3.63, 3.8) is 0 Å². The average Bonchev–Trinajstić information content (AvgIpc) is 2.87. The number of hydrazine groups is 1. The lowest BCUT2D eigenvalue weighted by atomic mass is 10.00. The van der Waals surface area contributed by atoms with Crippen molar-refractivity contribution in [3.8, 4) is 0 Å². The molecule has 0 spiro atoms. The topological polar surface area (TPSA) is 78.0 Å². The maximum absolute atomic E-state index is 5.77. The van der Waals surface area contributed by atoms with Crippen molar-refractivity contribution in [1.29, 1.82) is 0 Å². The van der Waals surface area contributed by atoms with Crippen LogP contribution in [0.15, 0.2) is 6.33 Å². The van der Waals surface area contributed by atoms with E-state index in [1.54, 1.807) is 6.33 Å². The number of nitrogens with two attached hydrogens (primary N) is 1. The van der Waals surface area contributed by atoms with Crippen LogP contribution in [0.2, 0.25) is 0 Å². The van der Waals surface area contributed by atoms with E-state index < -0.39 is 0 Å². The molecule has 1 saturated heterocycles. The fraction of sp³-hybridized carbons (Fsp3) is 0.846. The Morgan fingerprint density at radius 3 is 3.00 bits per heavy atom. The lowest BCUT2D eigenvalue weighted by Gasteiger charge is -2.26. The first-order valence-corrected chi connectivity index (χ1v) is 7.16. The van der Waals surface area contributed by atoms with E-state index in [0.29, 0.717) is 12.1 Å². The second kappa shape index (κ2) is 6.98. The maximum Gasteiger partial charge on any atom is 0.138 e.